The normalized spacial score (nSPS) is 12.4. The van der Waals surface area contributed by atoms with Crippen LogP contribution < -0.4 is 5.73 Å². The van der Waals surface area contributed by atoms with E-state index in [0.29, 0.717) is 12.5 Å². The molecule has 0 saturated heterocycles. The Morgan fingerprint density at radius 2 is 1.61 bits per heavy atom. The van der Waals surface area contributed by atoms with Crippen LogP contribution in [0.2, 0.25) is 5.02 Å². The number of benzene rings is 2. The summed E-state index contributed by atoms with van der Waals surface area (Å²) in [5.74, 6) is 0.347. The first-order chi connectivity index (χ1) is 8.69. The molecule has 2 aromatic rings. The predicted octanol–water partition coefficient (Wildman–Crippen LogP) is 4.39. The summed E-state index contributed by atoms with van der Waals surface area (Å²) in [6.45, 7) is 0.643. The van der Waals surface area contributed by atoms with Gasteiger partial charge in [0, 0.05) is 15.4 Å². The van der Waals surface area contributed by atoms with Gasteiger partial charge in [0.15, 0.2) is 0 Å². The fourth-order valence-corrected chi connectivity index (χ4v) is 2.37. The molecule has 0 spiro atoms. The first-order valence-electron chi connectivity index (χ1n) is 5.89. The van der Waals surface area contributed by atoms with Crippen LogP contribution in [0, 0.1) is 0 Å². The zero-order chi connectivity index (χ0) is 13.0. The fourth-order valence-electron chi connectivity index (χ4n) is 1.98. The molecule has 0 saturated carbocycles. The molecule has 0 aliphatic heterocycles. The Morgan fingerprint density at radius 3 is 2.17 bits per heavy atom. The van der Waals surface area contributed by atoms with Gasteiger partial charge < -0.3 is 5.73 Å². The van der Waals surface area contributed by atoms with Gasteiger partial charge in [0.25, 0.3) is 0 Å². The molecule has 18 heavy (non-hydrogen) atoms. The van der Waals surface area contributed by atoms with E-state index in [0.717, 1.165) is 15.9 Å². The van der Waals surface area contributed by atoms with Crippen LogP contribution in [0.4, 0.5) is 0 Å². The highest BCUT2D eigenvalue weighted by atomic mass is 79.9. The van der Waals surface area contributed by atoms with E-state index in [-0.39, 0.29) is 0 Å². The van der Waals surface area contributed by atoms with E-state index in [1.807, 2.05) is 12.1 Å². The Morgan fingerprint density at radius 1 is 1.00 bits per heavy atom. The van der Waals surface area contributed by atoms with Gasteiger partial charge in [0.2, 0.25) is 0 Å². The molecule has 3 heteroatoms. The van der Waals surface area contributed by atoms with Crippen molar-refractivity contribution in [3.63, 3.8) is 0 Å². The maximum absolute atomic E-state index is 5.89. The molecule has 0 aliphatic carbocycles. The Labute approximate surface area is 121 Å². The first-order valence-corrected chi connectivity index (χ1v) is 7.06. The highest BCUT2D eigenvalue weighted by molar-refractivity contribution is 9.10. The van der Waals surface area contributed by atoms with Crippen molar-refractivity contribution in [1.29, 1.82) is 0 Å². The van der Waals surface area contributed by atoms with Crippen LogP contribution in [0.3, 0.4) is 0 Å². The summed E-state index contributed by atoms with van der Waals surface area (Å²) in [5.41, 5.74) is 8.42. The molecule has 1 nitrogen and oxygen atoms in total. The third kappa shape index (κ3) is 3.58. The molecule has 0 aromatic heterocycles. The highest BCUT2D eigenvalue weighted by Crippen LogP contribution is 2.22. The zero-order valence-electron chi connectivity index (χ0n) is 9.94. The summed E-state index contributed by atoms with van der Waals surface area (Å²) < 4.78 is 1.09. The molecule has 2 aromatic carbocycles. The van der Waals surface area contributed by atoms with Gasteiger partial charge in [-0.05, 0) is 48.4 Å². The second-order valence-electron chi connectivity index (χ2n) is 4.31. The van der Waals surface area contributed by atoms with Crippen molar-refractivity contribution in [1.82, 2.24) is 0 Å². The van der Waals surface area contributed by atoms with Crippen molar-refractivity contribution in [3.8, 4) is 0 Å². The summed E-state index contributed by atoms with van der Waals surface area (Å²) in [7, 11) is 0. The lowest BCUT2D eigenvalue weighted by atomic mass is 9.92. The Hall–Kier alpha value is -0.830. The van der Waals surface area contributed by atoms with Crippen molar-refractivity contribution in [2.45, 2.75) is 12.3 Å². The van der Waals surface area contributed by atoms with E-state index in [1.165, 1.54) is 11.1 Å². The van der Waals surface area contributed by atoms with Crippen LogP contribution in [-0.2, 0) is 6.42 Å². The summed E-state index contributed by atoms with van der Waals surface area (Å²) >= 11 is 9.33. The summed E-state index contributed by atoms with van der Waals surface area (Å²) in [6.07, 6.45) is 0.940. The topological polar surface area (TPSA) is 26.0 Å². The molecule has 1 atom stereocenters. The van der Waals surface area contributed by atoms with Gasteiger partial charge in [0.05, 0.1) is 0 Å². The van der Waals surface area contributed by atoms with Crippen molar-refractivity contribution in [3.05, 3.63) is 69.2 Å². The van der Waals surface area contributed by atoms with E-state index in [2.05, 4.69) is 52.3 Å². The van der Waals surface area contributed by atoms with Crippen LogP contribution in [0.25, 0.3) is 0 Å². The predicted molar refractivity (Wildman–Crippen MR) is 81.1 cm³/mol. The minimum atomic E-state index is 0.347. The standard InChI is InChI=1S/C15H15BrClN/c16-14-5-3-12(4-6-14)13(10-18)9-11-1-7-15(17)8-2-11/h1-8,13H,9-10,18H2. The van der Waals surface area contributed by atoms with Crippen LogP contribution in [0.5, 0.6) is 0 Å². The summed E-state index contributed by atoms with van der Waals surface area (Å²) in [4.78, 5) is 0. The third-order valence-corrected chi connectivity index (χ3v) is 3.80. The molecule has 0 aliphatic rings. The fraction of sp³-hybridized carbons (Fsp3) is 0.200. The van der Waals surface area contributed by atoms with Crippen molar-refractivity contribution in [2.24, 2.45) is 5.73 Å². The van der Waals surface area contributed by atoms with Gasteiger partial charge in [-0.15, -0.1) is 0 Å². The lowest BCUT2D eigenvalue weighted by Gasteiger charge is -2.15. The van der Waals surface area contributed by atoms with E-state index >= 15 is 0 Å². The maximum Gasteiger partial charge on any atom is 0.0406 e. The monoisotopic (exact) mass is 323 g/mol. The molecule has 2 N–H and O–H groups in total. The third-order valence-electron chi connectivity index (χ3n) is 3.02. The molecule has 2 rings (SSSR count). The average Bonchev–Trinajstić information content (AvgIpc) is 2.39. The Kier molecular flexibility index (Phi) is 4.81. The lowest BCUT2D eigenvalue weighted by molar-refractivity contribution is 0.694. The highest BCUT2D eigenvalue weighted by Gasteiger charge is 2.10. The lowest BCUT2D eigenvalue weighted by Crippen LogP contribution is -2.14. The molecule has 0 amide bonds. The van der Waals surface area contributed by atoms with Gasteiger partial charge in [-0.1, -0.05) is 51.8 Å². The van der Waals surface area contributed by atoms with Crippen molar-refractivity contribution in [2.75, 3.05) is 6.54 Å². The molecular weight excluding hydrogens is 310 g/mol. The number of rotatable bonds is 4. The summed E-state index contributed by atoms with van der Waals surface area (Å²) in [5, 5.41) is 0.770. The average molecular weight is 325 g/mol. The van der Waals surface area contributed by atoms with Crippen LogP contribution in [-0.4, -0.2) is 6.54 Å². The van der Waals surface area contributed by atoms with Crippen molar-refractivity contribution < 1.29 is 0 Å². The molecule has 0 fully saturated rings. The number of hydrogen-bond acceptors (Lipinski definition) is 1. The second-order valence-corrected chi connectivity index (χ2v) is 5.67. The van der Waals surface area contributed by atoms with Crippen LogP contribution in [0.15, 0.2) is 53.0 Å². The number of hydrogen-bond donors (Lipinski definition) is 1. The Bertz CT molecular complexity index is 493. The quantitative estimate of drug-likeness (QED) is 0.887. The SMILES string of the molecule is NCC(Cc1ccc(Cl)cc1)c1ccc(Br)cc1. The Balaban J connectivity index is 2.14. The van der Waals surface area contributed by atoms with Gasteiger partial charge in [-0.3, -0.25) is 0 Å². The smallest absolute Gasteiger partial charge is 0.0406 e. The molecular formula is C15H15BrClN. The van der Waals surface area contributed by atoms with Gasteiger partial charge in [-0.2, -0.15) is 0 Å². The molecule has 94 valence electrons. The second kappa shape index (κ2) is 6.37. The first kappa shape index (κ1) is 13.6. The minimum Gasteiger partial charge on any atom is -0.330 e. The summed E-state index contributed by atoms with van der Waals surface area (Å²) in [6, 6.07) is 16.3. The van der Waals surface area contributed by atoms with E-state index in [1.54, 1.807) is 0 Å². The van der Waals surface area contributed by atoms with Crippen molar-refractivity contribution >= 4 is 27.5 Å². The van der Waals surface area contributed by atoms with E-state index in [4.69, 9.17) is 17.3 Å². The number of halogens is 2. The largest absolute Gasteiger partial charge is 0.330 e. The number of nitrogens with two attached hydrogens (primary N) is 1. The van der Waals surface area contributed by atoms with Crippen LogP contribution >= 0.6 is 27.5 Å². The molecule has 1 unspecified atom stereocenters. The van der Waals surface area contributed by atoms with Gasteiger partial charge in [0.1, 0.15) is 0 Å². The molecule has 0 radical (unpaired) electrons. The molecule has 0 heterocycles. The van der Waals surface area contributed by atoms with Crippen LogP contribution in [0.1, 0.15) is 17.0 Å². The van der Waals surface area contributed by atoms with E-state index < -0.39 is 0 Å². The molecule has 0 bridgehead atoms. The minimum absolute atomic E-state index is 0.347. The van der Waals surface area contributed by atoms with E-state index in [9.17, 15) is 0 Å². The zero-order valence-corrected chi connectivity index (χ0v) is 12.3. The van der Waals surface area contributed by atoms with Gasteiger partial charge in [-0.25, -0.2) is 0 Å². The van der Waals surface area contributed by atoms with Gasteiger partial charge >= 0.3 is 0 Å². The maximum atomic E-state index is 5.89.